The zero-order valence-electron chi connectivity index (χ0n) is 9.12. The first-order valence-electron chi connectivity index (χ1n) is 4.99. The van der Waals surface area contributed by atoms with E-state index in [1.807, 2.05) is 18.2 Å². The van der Waals surface area contributed by atoms with Gasteiger partial charge in [-0.15, -0.1) is 0 Å². The molecule has 0 aliphatic heterocycles. The van der Waals surface area contributed by atoms with Crippen LogP contribution >= 0.6 is 0 Å². The summed E-state index contributed by atoms with van der Waals surface area (Å²) in [4.78, 5) is 0. The average Bonchev–Trinajstić information content (AvgIpc) is 2.02. The van der Waals surface area contributed by atoms with Gasteiger partial charge in [-0.05, 0) is 32.7 Å². The third-order valence-corrected chi connectivity index (χ3v) is 2.09. The van der Waals surface area contributed by atoms with Crippen molar-refractivity contribution in [2.75, 3.05) is 0 Å². The SMILES string of the molecule is CB(O)NC(C)(C)Cc1ccccc1. The lowest BCUT2D eigenvalue weighted by molar-refractivity contribution is 0.425. The second-order valence-corrected chi connectivity index (χ2v) is 4.37. The Hall–Kier alpha value is -0.795. The third-order valence-electron chi connectivity index (χ3n) is 2.09. The number of benzene rings is 1. The molecule has 1 aromatic rings. The molecule has 14 heavy (non-hydrogen) atoms. The Morgan fingerprint density at radius 3 is 2.36 bits per heavy atom. The molecule has 2 N–H and O–H groups in total. The number of hydrogen-bond donors (Lipinski definition) is 2. The van der Waals surface area contributed by atoms with Gasteiger partial charge in [-0.2, -0.15) is 0 Å². The molecule has 0 radical (unpaired) electrons. The van der Waals surface area contributed by atoms with Crippen LogP contribution in [0.3, 0.4) is 0 Å². The molecule has 0 saturated carbocycles. The van der Waals surface area contributed by atoms with Crippen molar-refractivity contribution in [1.82, 2.24) is 5.23 Å². The normalized spacial score (nSPS) is 11.4. The highest BCUT2D eigenvalue weighted by Gasteiger charge is 2.20. The Balaban J connectivity index is 2.59. The van der Waals surface area contributed by atoms with E-state index in [0.29, 0.717) is 0 Å². The minimum Gasteiger partial charge on any atom is -0.437 e. The van der Waals surface area contributed by atoms with E-state index in [4.69, 9.17) is 0 Å². The van der Waals surface area contributed by atoms with Gasteiger partial charge >= 0.3 is 7.05 Å². The molecule has 0 heterocycles. The van der Waals surface area contributed by atoms with Gasteiger partial charge in [0.15, 0.2) is 0 Å². The summed E-state index contributed by atoms with van der Waals surface area (Å²) in [5.74, 6) is 0. The van der Waals surface area contributed by atoms with Crippen LogP contribution in [0.15, 0.2) is 30.3 Å². The predicted molar refractivity (Wildman–Crippen MR) is 61.2 cm³/mol. The summed E-state index contributed by atoms with van der Waals surface area (Å²) in [6, 6.07) is 10.3. The molecule has 0 spiro atoms. The minimum absolute atomic E-state index is 0.0739. The molecule has 0 aliphatic rings. The lowest BCUT2D eigenvalue weighted by atomic mass is 9.81. The van der Waals surface area contributed by atoms with Crippen molar-refractivity contribution in [3.63, 3.8) is 0 Å². The van der Waals surface area contributed by atoms with Crippen LogP contribution in [0.25, 0.3) is 0 Å². The van der Waals surface area contributed by atoms with E-state index in [-0.39, 0.29) is 5.54 Å². The fourth-order valence-electron chi connectivity index (χ4n) is 1.72. The first kappa shape index (κ1) is 11.3. The molecule has 0 unspecified atom stereocenters. The summed E-state index contributed by atoms with van der Waals surface area (Å²) in [6.45, 7) is 5.92. The Bertz CT molecular complexity index is 272. The van der Waals surface area contributed by atoms with Crippen LogP contribution in [-0.2, 0) is 6.42 Å². The standard InChI is InChI=1S/C11H18BNO/c1-11(2,13-12(3)14)9-10-7-5-4-6-8-10/h4-8,13-14H,9H2,1-3H3. The Labute approximate surface area is 86.5 Å². The van der Waals surface area contributed by atoms with E-state index in [9.17, 15) is 5.02 Å². The van der Waals surface area contributed by atoms with Crippen LogP contribution < -0.4 is 5.23 Å². The molecule has 76 valence electrons. The number of rotatable bonds is 4. The largest absolute Gasteiger partial charge is 0.437 e. The molecule has 1 aromatic carbocycles. The van der Waals surface area contributed by atoms with Gasteiger partial charge in [0, 0.05) is 5.54 Å². The van der Waals surface area contributed by atoms with Gasteiger partial charge in [0.05, 0.1) is 0 Å². The zero-order chi connectivity index (χ0) is 10.6. The lowest BCUT2D eigenvalue weighted by Crippen LogP contribution is -2.48. The first-order chi connectivity index (χ1) is 6.49. The summed E-state index contributed by atoms with van der Waals surface area (Å²) in [7, 11) is -0.464. The summed E-state index contributed by atoms with van der Waals surface area (Å²) >= 11 is 0. The Morgan fingerprint density at radius 2 is 1.86 bits per heavy atom. The second-order valence-electron chi connectivity index (χ2n) is 4.37. The topological polar surface area (TPSA) is 32.3 Å². The van der Waals surface area contributed by atoms with Gasteiger partial charge in [0.1, 0.15) is 0 Å². The van der Waals surface area contributed by atoms with Crippen LogP contribution in [-0.4, -0.2) is 17.6 Å². The fraction of sp³-hybridized carbons (Fsp3) is 0.455. The highest BCUT2D eigenvalue weighted by Crippen LogP contribution is 2.12. The van der Waals surface area contributed by atoms with Crippen LogP contribution in [0.4, 0.5) is 0 Å². The van der Waals surface area contributed by atoms with Crippen molar-refractivity contribution in [2.24, 2.45) is 0 Å². The molecule has 0 bridgehead atoms. The van der Waals surface area contributed by atoms with Crippen molar-refractivity contribution in [1.29, 1.82) is 0 Å². The van der Waals surface area contributed by atoms with Gasteiger partial charge in [-0.3, -0.25) is 0 Å². The van der Waals surface area contributed by atoms with Crippen molar-refractivity contribution in [3.05, 3.63) is 35.9 Å². The van der Waals surface area contributed by atoms with Crippen LogP contribution in [0.2, 0.25) is 6.82 Å². The number of nitrogens with one attached hydrogen (secondary N) is 1. The Morgan fingerprint density at radius 1 is 1.29 bits per heavy atom. The summed E-state index contributed by atoms with van der Waals surface area (Å²) < 4.78 is 0. The average molecular weight is 191 g/mol. The molecule has 0 aromatic heterocycles. The van der Waals surface area contributed by atoms with E-state index >= 15 is 0 Å². The van der Waals surface area contributed by atoms with Crippen LogP contribution in [0.5, 0.6) is 0 Å². The molecule has 0 atom stereocenters. The fourth-order valence-corrected chi connectivity index (χ4v) is 1.72. The third kappa shape index (κ3) is 3.94. The minimum atomic E-state index is -0.464. The molecule has 0 aliphatic carbocycles. The van der Waals surface area contributed by atoms with Gasteiger partial charge in [0.2, 0.25) is 0 Å². The maximum Gasteiger partial charge on any atom is 0.374 e. The van der Waals surface area contributed by atoms with Crippen LogP contribution in [0, 0.1) is 0 Å². The van der Waals surface area contributed by atoms with Crippen molar-refractivity contribution >= 4 is 7.05 Å². The smallest absolute Gasteiger partial charge is 0.374 e. The summed E-state index contributed by atoms with van der Waals surface area (Å²) in [5, 5.41) is 12.4. The molecule has 0 amide bonds. The highest BCUT2D eigenvalue weighted by molar-refractivity contribution is 6.45. The number of hydrogen-bond acceptors (Lipinski definition) is 2. The van der Waals surface area contributed by atoms with Crippen LogP contribution in [0.1, 0.15) is 19.4 Å². The molecule has 3 heteroatoms. The van der Waals surface area contributed by atoms with E-state index in [1.54, 1.807) is 6.82 Å². The first-order valence-corrected chi connectivity index (χ1v) is 4.99. The molecule has 2 nitrogen and oxygen atoms in total. The van der Waals surface area contributed by atoms with E-state index in [1.165, 1.54) is 5.56 Å². The molecule has 1 rings (SSSR count). The molecule has 0 saturated heterocycles. The lowest BCUT2D eigenvalue weighted by Gasteiger charge is -2.27. The van der Waals surface area contributed by atoms with E-state index in [2.05, 4.69) is 31.2 Å². The highest BCUT2D eigenvalue weighted by atomic mass is 16.2. The monoisotopic (exact) mass is 191 g/mol. The second kappa shape index (κ2) is 4.62. The maximum atomic E-state index is 9.25. The summed E-state index contributed by atoms with van der Waals surface area (Å²) in [6.07, 6.45) is 0.915. The zero-order valence-corrected chi connectivity index (χ0v) is 9.12. The molecular weight excluding hydrogens is 173 g/mol. The molecule has 0 fully saturated rings. The van der Waals surface area contributed by atoms with E-state index < -0.39 is 7.05 Å². The van der Waals surface area contributed by atoms with Gasteiger partial charge in [0.25, 0.3) is 0 Å². The maximum absolute atomic E-state index is 9.25. The predicted octanol–water partition coefficient (Wildman–Crippen LogP) is 1.71. The van der Waals surface area contributed by atoms with Gasteiger partial charge in [-0.25, -0.2) is 0 Å². The van der Waals surface area contributed by atoms with Gasteiger partial charge < -0.3 is 10.3 Å². The molecular formula is C11H18BNO. The van der Waals surface area contributed by atoms with Crippen molar-refractivity contribution < 1.29 is 5.02 Å². The quantitative estimate of drug-likeness (QED) is 0.710. The van der Waals surface area contributed by atoms with Crippen molar-refractivity contribution in [3.8, 4) is 0 Å². The Kier molecular flexibility index (Phi) is 3.73. The summed E-state index contributed by atoms with van der Waals surface area (Å²) in [5.41, 5.74) is 1.21. The van der Waals surface area contributed by atoms with Gasteiger partial charge in [-0.1, -0.05) is 30.3 Å². The van der Waals surface area contributed by atoms with E-state index in [0.717, 1.165) is 6.42 Å². The van der Waals surface area contributed by atoms with Crippen molar-refractivity contribution in [2.45, 2.75) is 32.6 Å².